The number of aliphatic hydroxyl groups is 2. The van der Waals surface area contributed by atoms with Gasteiger partial charge in [0, 0.05) is 13.0 Å². The van der Waals surface area contributed by atoms with Crippen LogP contribution >= 0.6 is 0 Å². The van der Waals surface area contributed by atoms with Crippen LogP contribution in [0.5, 0.6) is 11.5 Å². The Kier molecular flexibility index (Phi) is 10.3. The molecule has 0 bridgehead atoms. The van der Waals surface area contributed by atoms with Gasteiger partial charge in [-0.15, -0.1) is 6.58 Å². The first-order valence-electron chi connectivity index (χ1n) is 14.4. The minimum atomic E-state index is -0.835. The van der Waals surface area contributed by atoms with E-state index in [1.165, 1.54) is 19.3 Å². The topological polar surface area (TPSA) is 91.3 Å². The average molecular weight is 515 g/mol. The molecule has 1 aliphatic carbocycles. The zero-order chi connectivity index (χ0) is 26.1. The van der Waals surface area contributed by atoms with Crippen LogP contribution in [0.1, 0.15) is 88.7 Å². The number of hydrogen-bond acceptors (Lipinski definition) is 6. The SMILES string of the molecule is C=CC(O)(CCCCCC(=O)NC(CN1CCCC1)[C@H](O)c1ccc2c(c1)OCCO2)C1CCCCC1. The van der Waals surface area contributed by atoms with Crippen LogP contribution in [0, 0.1) is 5.92 Å². The second-order valence-electron chi connectivity index (χ2n) is 11.1. The van der Waals surface area contributed by atoms with Crippen molar-refractivity contribution < 1.29 is 24.5 Å². The van der Waals surface area contributed by atoms with E-state index >= 15 is 0 Å². The molecule has 1 amide bonds. The third-order valence-electron chi connectivity index (χ3n) is 8.44. The Bertz CT molecular complexity index is 881. The van der Waals surface area contributed by atoms with E-state index in [0.29, 0.717) is 50.0 Å². The highest BCUT2D eigenvalue weighted by Crippen LogP contribution is 2.37. The van der Waals surface area contributed by atoms with Gasteiger partial charge < -0.3 is 29.9 Å². The van der Waals surface area contributed by atoms with Gasteiger partial charge in [-0.2, -0.15) is 0 Å². The number of aliphatic hydroxyl groups excluding tert-OH is 1. The Hall–Kier alpha value is -2.09. The summed E-state index contributed by atoms with van der Waals surface area (Å²) in [5.41, 5.74) is -0.0581. The van der Waals surface area contributed by atoms with Crippen molar-refractivity contribution in [1.29, 1.82) is 0 Å². The smallest absolute Gasteiger partial charge is 0.220 e. The summed E-state index contributed by atoms with van der Waals surface area (Å²) in [4.78, 5) is 15.2. The second-order valence-corrected chi connectivity index (χ2v) is 11.1. The quantitative estimate of drug-likeness (QED) is 0.265. The lowest BCUT2D eigenvalue weighted by atomic mass is 9.74. The molecule has 0 spiro atoms. The van der Waals surface area contributed by atoms with Gasteiger partial charge in [0.15, 0.2) is 11.5 Å². The number of rotatable bonds is 13. The van der Waals surface area contributed by atoms with Gasteiger partial charge in [-0.1, -0.05) is 44.2 Å². The molecule has 0 aromatic heterocycles. The third-order valence-corrected chi connectivity index (χ3v) is 8.44. The molecule has 1 aromatic carbocycles. The summed E-state index contributed by atoms with van der Waals surface area (Å²) in [7, 11) is 0. The number of carbonyl (C=O) groups excluding carboxylic acids is 1. The van der Waals surface area contributed by atoms with Gasteiger partial charge in [-0.3, -0.25) is 4.79 Å². The van der Waals surface area contributed by atoms with Crippen molar-refractivity contribution in [2.75, 3.05) is 32.8 Å². The number of ether oxygens (including phenoxy) is 2. The van der Waals surface area contributed by atoms with E-state index in [4.69, 9.17) is 9.47 Å². The van der Waals surface area contributed by atoms with Crippen molar-refractivity contribution in [2.24, 2.45) is 5.92 Å². The van der Waals surface area contributed by atoms with Gasteiger partial charge in [0.1, 0.15) is 19.3 Å². The van der Waals surface area contributed by atoms with E-state index in [1.54, 1.807) is 6.08 Å². The van der Waals surface area contributed by atoms with Gasteiger partial charge >= 0.3 is 0 Å². The summed E-state index contributed by atoms with van der Waals surface area (Å²) >= 11 is 0. The molecule has 1 saturated carbocycles. The van der Waals surface area contributed by atoms with E-state index < -0.39 is 17.7 Å². The molecule has 7 heteroatoms. The maximum absolute atomic E-state index is 12.9. The fraction of sp³-hybridized carbons (Fsp3) is 0.700. The maximum atomic E-state index is 12.9. The number of fused-ring (bicyclic) bond motifs is 1. The van der Waals surface area contributed by atoms with Crippen molar-refractivity contribution in [2.45, 2.75) is 94.8 Å². The Morgan fingerprint density at radius 1 is 1.08 bits per heavy atom. The molecule has 206 valence electrons. The van der Waals surface area contributed by atoms with Crippen LogP contribution in [0.15, 0.2) is 30.9 Å². The first kappa shape index (κ1) is 27.9. The van der Waals surface area contributed by atoms with Crippen molar-refractivity contribution in [3.05, 3.63) is 36.4 Å². The summed E-state index contributed by atoms with van der Waals surface area (Å²) in [6, 6.07) is 5.12. The summed E-state index contributed by atoms with van der Waals surface area (Å²) in [6.45, 7) is 7.54. The van der Waals surface area contributed by atoms with Crippen molar-refractivity contribution in [3.63, 3.8) is 0 Å². The summed E-state index contributed by atoms with van der Waals surface area (Å²) < 4.78 is 11.3. The second kappa shape index (κ2) is 13.6. The van der Waals surface area contributed by atoms with E-state index in [0.717, 1.165) is 63.6 Å². The number of carbonyl (C=O) groups is 1. The first-order valence-corrected chi connectivity index (χ1v) is 14.4. The average Bonchev–Trinajstić information content (AvgIpc) is 3.45. The lowest BCUT2D eigenvalue weighted by Crippen LogP contribution is -2.46. The molecule has 3 atom stereocenters. The zero-order valence-electron chi connectivity index (χ0n) is 22.3. The maximum Gasteiger partial charge on any atom is 0.220 e. The fourth-order valence-corrected chi connectivity index (χ4v) is 6.17. The van der Waals surface area contributed by atoms with Crippen LogP contribution in [0.25, 0.3) is 0 Å². The van der Waals surface area contributed by atoms with Crippen molar-refractivity contribution >= 4 is 5.91 Å². The summed E-state index contributed by atoms with van der Waals surface area (Å²) in [5.74, 6) is 1.61. The minimum absolute atomic E-state index is 0.0351. The lowest BCUT2D eigenvalue weighted by Gasteiger charge is -2.36. The number of hydrogen-bond donors (Lipinski definition) is 3. The van der Waals surface area contributed by atoms with E-state index in [9.17, 15) is 15.0 Å². The lowest BCUT2D eigenvalue weighted by molar-refractivity contribution is -0.123. The highest BCUT2D eigenvalue weighted by atomic mass is 16.6. The fourth-order valence-electron chi connectivity index (χ4n) is 6.17. The van der Waals surface area contributed by atoms with Crippen LogP contribution in [0.3, 0.4) is 0 Å². The molecule has 7 nitrogen and oxygen atoms in total. The standard InChI is InChI=1S/C30H46N2O5/c1-2-30(35,24-11-5-3-6-12-24)16-8-4-7-13-28(33)31-25(22-32-17-9-10-18-32)29(34)23-14-15-26-27(21-23)37-20-19-36-26/h2,14-15,21,24-25,29,34-35H,1,3-13,16-20,22H2,(H,31,33)/t25?,29-,30?/m1/s1. The molecule has 1 saturated heterocycles. The van der Waals surface area contributed by atoms with Crippen LogP contribution in [0.4, 0.5) is 0 Å². The van der Waals surface area contributed by atoms with Crippen LogP contribution < -0.4 is 14.8 Å². The molecule has 3 aliphatic rings. The highest BCUT2D eigenvalue weighted by Gasteiger charge is 2.34. The van der Waals surface area contributed by atoms with Gasteiger partial charge in [0.05, 0.1) is 11.6 Å². The highest BCUT2D eigenvalue weighted by molar-refractivity contribution is 5.76. The van der Waals surface area contributed by atoms with E-state index in [2.05, 4.69) is 16.8 Å². The molecular formula is C30H46N2O5. The van der Waals surface area contributed by atoms with Gasteiger partial charge in [0.2, 0.25) is 5.91 Å². The Morgan fingerprint density at radius 2 is 1.81 bits per heavy atom. The van der Waals surface area contributed by atoms with Crippen LogP contribution in [0.2, 0.25) is 0 Å². The molecular weight excluding hydrogens is 468 g/mol. The number of nitrogens with zero attached hydrogens (tertiary/aromatic N) is 1. The van der Waals surface area contributed by atoms with E-state index in [1.807, 2.05) is 18.2 Å². The normalized spacial score (nSPS) is 21.7. The molecule has 1 aromatic rings. The predicted octanol–water partition coefficient (Wildman–Crippen LogP) is 4.52. The molecule has 4 rings (SSSR count). The van der Waals surface area contributed by atoms with Gasteiger partial charge in [-0.25, -0.2) is 0 Å². The van der Waals surface area contributed by atoms with Gasteiger partial charge in [0.25, 0.3) is 0 Å². The molecule has 0 radical (unpaired) electrons. The van der Waals surface area contributed by atoms with E-state index in [-0.39, 0.29) is 5.91 Å². The number of amides is 1. The largest absolute Gasteiger partial charge is 0.486 e. The van der Waals surface area contributed by atoms with Gasteiger partial charge in [-0.05, 0) is 75.2 Å². The molecule has 37 heavy (non-hydrogen) atoms. The van der Waals surface area contributed by atoms with Crippen molar-refractivity contribution in [3.8, 4) is 11.5 Å². The molecule has 2 fully saturated rings. The molecule has 2 heterocycles. The number of likely N-dealkylation sites (tertiary alicyclic amines) is 1. The number of nitrogens with one attached hydrogen (secondary N) is 1. The molecule has 2 unspecified atom stereocenters. The minimum Gasteiger partial charge on any atom is -0.486 e. The van der Waals surface area contributed by atoms with Crippen molar-refractivity contribution in [1.82, 2.24) is 10.2 Å². The monoisotopic (exact) mass is 514 g/mol. The number of benzene rings is 1. The summed E-state index contributed by atoms with van der Waals surface area (Å²) in [5, 5.41) is 25.5. The van der Waals surface area contributed by atoms with Crippen LogP contribution in [-0.4, -0.2) is 65.5 Å². The summed E-state index contributed by atoms with van der Waals surface area (Å²) in [6.07, 6.45) is 12.7. The predicted molar refractivity (Wildman–Crippen MR) is 145 cm³/mol. The Balaban J connectivity index is 1.27. The molecule has 2 aliphatic heterocycles. The first-order chi connectivity index (χ1) is 18.0. The zero-order valence-corrected chi connectivity index (χ0v) is 22.3. The van der Waals surface area contributed by atoms with Crippen LogP contribution in [-0.2, 0) is 4.79 Å². The third kappa shape index (κ3) is 7.71. The molecule has 3 N–H and O–H groups in total. The Morgan fingerprint density at radius 3 is 2.54 bits per heavy atom. The Labute approximate surface area is 222 Å². The number of unbranched alkanes of at least 4 members (excludes halogenated alkanes) is 2.